The summed E-state index contributed by atoms with van der Waals surface area (Å²) in [6.45, 7) is 13.0. The molecule has 3 aromatic rings. The van der Waals surface area contributed by atoms with E-state index in [1.54, 1.807) is 41.1 Å². The summed E-state index contributed by atoms with van der Waals surface area (Å²) in [4.78, 5) is 53.2. The number of likely N-dealkylation sites (N-methyl/N-ethyl adjacent to an activating group) is 1. The van der Waals surface area contributed by atoms with E-state index in [4.69, 9.17) is 14.5 Å². The number of carbonyl (C=O) groups excluding carboxylic acids is 3. The van der Waals surface area contributed by atoms with Gasteiger partial charge in [-0.25, -0.2) is 4.79 Å². The van der Waals surface area contributed by atoms with Crippen molar-refractivity contribution in [3.8, 4) is 11.3 Å². The molecular formula is C39H50N6O5. The normalized spacial score (nSPS) is 16.8. The van der Waals surface area contributed by atoms with Crippen LogP contribution in [0.3, 0.4) is 0 Å². The van der Waals surface area contributed by atoms with Gasteiger partial charge in [0.05, 0.1) is 36.8 Å². The molecular weight excluding hydrogens is 632 g/mol. The van der Waals surface area contributed by atoms with Gasteiger partial charge >= 0.3 is 6.09 Å². The molecule has 3 aliphatic rings. The molecule has 6 rings (SSSR count). The smallest absolute Gasteiger partial charge is 0.410 e. The summed E-state index contributed by atoms with van der Waals surface area (Å²) in [7, 11) is 1.80. The van der Waals surface area contributed by atoms with Crippen molar-refractivity contribution in [1.82, 2.24) is 19.7 Å². The summed E-state index contributed by atoms with van der Waals surface area (Å²) < 4.78 is 11.1. The number of anilines is 2. The predicted octanol–water partition coefficient (Wildman–Crippen LogP) is 5.69. The summed E-state index contributed by atoms with van der Waals surface area (Å²) in [5, 5.41) is 3.13. The van der Waals surface area contributed by atoms with Gasteiger partial charge in [-0.1, -0.05) is 12.1 Å². The monoisotopic (exact) mass is 682 g/mol. The lowest BCUT2D eigenvalue weighted by atomic mass is 10.0. The molecule has 11 heteroatoms. The minimum atomic E-state index is -0.583. The number of hydrogen-bond donors (Lipinski definition) is 1. The molecule has 4 heterocycles. The summed E-state index contributed by atoms with van der Waals surface area (Å²) in [6, 6.07) is 17.1. The Hall–Kier alpha value is -4.48. The van der Waals surface area contributed by atoms with Gasteiger partial charge in [-0.05, 0) is 94.5 Å². The molecule has 2 fully saturated rings. The second kappa shape index (κ2) is 15.6. The zero-order valence-electron chi connectivity index (χ0n) is 29.9. The Kier molecular flexibility index (Phi) is 11.0. The molecule has 1 N–H and O–H groups in total. The first kappa shape index (κ1) is 35.3. The Morgan fingerprint density at radius 3 is 2.44 bits per heavy atom. The number of aromatic nitrogens is 1. The molecule has 0 unspecified atom stereocenters. The number of morpholine rings is 1. The molecule has 0 radical (unpaired) electrons. The molecule has 3 aliphatic heterocycles. The molecule has 1 aromatic heterocycles. The SMILES string of the molecule is CN(CCN1CCOCC1)C(=O)c1cccc(C(=O)Nc2ccc(N3CCCCC3)cc2-c2ccc3c(n2)CN(C(=O)OC(C)(C)C)CC3)c1. The predicted molar refractivity (Wildman–Crippen MR) is 195 cm³/mol. The molecule has 0 bridgehead atoms. The minimum Gasteiger partial charge on any atom is -0.444 e. The van der Waals surface area contributed by atoms with Gasteiger partial charge in [0.15, 0.2) is 0 Å². The quantitative estimate of drug-likeness (QED) is 0.323. The number of amides is 3. The summed E-state index contributed by atoms with van der Waals surface area (Å²) in [6.07, 6.45) is 3.85. The molecule has 11 nitrogen and oxygen atoms in total. The van der Waals surface area contributed by atoms with Crippen molar-refractivity contribution in [1.29, 1.82) is 0 Å². The second-order valence-corrected chi connectivity index (χ2v) is 14.4. The zero-order chi connectivity index (χ0) is 35.3. The summed E-state index contributed by atoms with van der Waals surface area (Å²) in [5.74, 6) is -0.435. The van der Waals surface area contributed by atoms with Crippen molar-refractivity contribution in [3.63, 3.8) is 0 Å². The highest BCUT2D eigenvalue weighted by Gasteiger charge is 2.27. The third-order valence-electron chi connectivity index (χ3n) is 9.53. The van der Waals surface area contributed by atoms with E-state index in [0.717, 1.165) is 73.8 Å². The van der Waals surface area contributed by atoms with Crippen molar-refractivity contribution >= 4 is 29.3 Å². The van der Waals surface area contributed by atoms with Crippen LogP contribution in [-0.4, -0.2) is 109 Å². The average molecular weight is 683 g/mol. The third kappa shape index (κ3) is 8.81. The number of rotatable bonds is 8. The summed E-state index contributed by atoms with van der Waals surface area (Å²) in [5.41, 5.74) is 5.43. The second-order valence-electron chi connectivity index (χ2n) is 14.4. The summed E-state index contributed by atoms with van der Waals surface area (Å²) >= 11 is 0. The molecule has 266 valence electrons. The molecule has 2 saturated heterocycles. The number of ether oxygens (including phenoxy) is 2. The molecule has 0 saturated carbocycles. The lowest BCUT2D eigenvalue weighted by Crippen LogP contribution is -2.41. The van der Waals surface area contributed by atoms with E-state index in [1.807, 2.05) is 32.9 Å². The number of nitrogens with one attached hydrogen (secondary N) is 1. The van der Waals surface area contributed by atoms with Gasteiger partial charge in [0.1, 0.15) is 5.60 Å². The van der Waals surface area contributed by atoms with E-state index in [9.17, 15) is 14.4 Å². The van der Waals surface area contributed by atoms with Crippen LogP contribution in [0.1, 0.15) is 72.0 Å². The van der Waals surface area contributed by atoms with Crippen LogP contribution in [-0.2, 0) is 22.4 Å². The number of hydrogen-bond acceptors (Lipinski definition) is 8. The van der Waals surface area contributed by atoms with Crippen LogP contribution in [0.15, 0.2) is 54.6 Å². The van der Waals surface area contributed by atoms with Crippen molar-refractivity contribution < 1.29 is 23.9 Å². The van der Waals surface area contributed by atoms with Crippen molar-refractivity contribution in [2.45, 2.75) is 58.6 Å². The molecule has 3 amide bonds. The minimum absolute atomic E-state index is 0.127. The lowest BCUT2D eigenvalue weighted by molar-refractivity contribution is 0.0220. The van der Waals surface area contributed by atoms with E-state index in [-0.39, 0.29) is 17.9 Å². The fourth-order valence-corrected chi connectivity index (χ4v) is 6.67. The number of nitrogens with zero attached hydrogens (tertiary/aromatic N) is 5. The standard InChI is InChI=1S/C39H50N6O5/c1-39(2,3)50-38(48)45-18-15-28-11-13-33(40-35(28)27-45)32-26-31(44-16-6-5-7-17-44)12-14-34(32)41-36(46)29-9-8-10-30(25-29)37(47)42(4)19-20-43-21-23-49-24-22-43/h8-14,25-26H,5-7,15-24,27H2,1-4H3,(H,41,46). The van der Waals surface area contributed by atoms with Gasteiger partial charge in [-0.2, -0.15) is 0 Å². The van der Waals surface area contributed by atoms with Gasteiger partial charge in [0.25, 0.3) is 11.8 Å². The number of pyridine rings is 1. The van der Waals surface area contributed by atoms with Gasteiger partial charge < -0.3 is 29.5 Å². The Morgan fingerprint density at radius 2 is 1.68 bits per heavy atom. The highest BCUT2D eigenvalue weighted by molar-refractivity contribution is 6.08. The van der Waals surface area contributed by atoms with Gasteiger partial charge in [0, 0.05) is 75.2 Å². The highest BCUT2D eigenvalue weighted by atomic mass is 16.6. The Bertz CT molecular complexity index is 1690. The Labute approximate surface area is 295 Å². The van der Waals surface area contributed by atoms with Crippen molar-refractivity contribution in [2.24, 2.45) is 0 Å². The van der Waals surface area contributed by atoms with E-state index in [2.05, 4.69) is 33.3 Å². The Balaban J connectivity index is 1.23. The van der Waals surface area contributed by atoms with Crippen LogP contribution in [0, 0.1) is 0 Å². The maximum absolute atomic E-state index is 13.8. The van der Waals surface area contributed by atoms with Gasteiger partial charge in [-0.15, -0.1) is 0 Å². The molecule has 2 aromatic carbocycles. The van der Waals surface area contributed by atoms with Crippen LogP contribution in [0.2, 0.25) is 0 Å². The van der Waals surface area contributed by atoms with Crippen LogP contribution in [0.4, 0.5) is 16.2 Å². The number of piperidine rings is 1. The average Bonchev–Trinajstić information content (AvgIpc) is 3.13. The van der Waals surface area contributed by atoms with E-state index < -0.39 is 5.60 Å². The number of benzene rings is 2. The topological polar surface area (TPSA) is 108 Å². The molecule has 0 spiro atoms. The Morgan fingerprint density at radius 1 is 0.920 bits per heavy atom. The largest absolute Gasteiger partial charge is 0.444 e. The first-order valence-electron chi connectivity index (χ1n) is 17.9. The fourth-order valence-electron chi connectivity index (χ4n) is 6.67. The zero-order valence-corrected chi connectivity index (χ0v) is 29.9. The lowest BCUT2D eigenvalue weighted by Gasteiger charge is -2.31. The van der Waals surface area contributed by atoms with Crippen molar-refractivity contribution in [2.75, 3.05) is 76.3 Å². The first-order chi connectivity index (χ1) is 24.0. The van der Waals surface area contributed by atoms with E-state index >= 15 is 0 Å². The van der Waals surface area contributed by atoms with Crippen LogP contribution in [0.5, 0.6) is 0 Å². The maximum atomic E-state index is 13.8. The van der Waals surface area contributed by atoms with Crippen LogP contribution >= 0.6 is 0 Å². The van der Waals surface area contributed by atoms with E-state index in [0.29, 0.717) is 56.1 Å². The van der Waals surface area contributed by atoms with Gasteiger partial charge in [-0.3, -0.25) is 19.5 Å². The molecule has 50 heavy (non-hydrogen) atoms. The van der Waals surface area contributed by atoms with Crippen LogP contribution < -0.4 is 10.2 Å². The van der Waals surface area contributed by atoms with Crippen LogP contribution in [0.25, 0.3) is 11.3 Å². The van der Waals surface area contributed by atoms with E-state index in [1.165, 1.54) is 6.42 Å². The van der Waals surface area contributed by atoms with Crippen molar-refractivity contribution in [3.05, 3.63) is 77.0 Å². The third-order valence-corrected chi connectivity index (χ3v) is 9.53. The fraction of sp³-hybridized carbons (Fsp3) is 0.487. The number of fused-ring (bicyclic) bond motifs is 1. The highest BCUT2D eigenvalue weighted by Crippen LogP contribution is 2.34. The maximum Gasteiger partial charge on any atom is 0.410 e. The molecule has 0 aliphatic carbocycles. The first-order valence-corrected chi connectivity index (χ1v) is 17.9. The van der Waals surface area contributed by atoms with Gasteiger partial charge in [0.2, 0.25) is 0 Å². The molecule has 0 atom stereocenters. The number of carbonyl (C=O) groups is 3.